The van der Waals surface area contributed by atoms with E-state index in [1.165, 1.54) is 19.3 Å². The van der Waals surface area contributed by atoms with Crippen LogP contribution in [-0.2, 0) is 16.1 Å². The SMILES string of the molecule is COc1cc(C=O)cc(I)c1O[C@H]1C=C(C(=O)NCCO)C[C@@H](N(Cc2ccc(Cl)c(Cl)c2)C(=O)CC(C)C)[C@@H]1O. The molecule has 12 heteroatoms. The molecule has 0 fully saturated rings. The number of hydrogen-bond acceptors (Lipinski definition) is 7. The zero-order valence-corrected chi connectivity index (χ0v) is 26.6. The fraction of sp³-hybridized carbons (Fsp3) is 0.414. The van der Waals surface area contributed by atoms with Gasteiger partial charge in [0.2, 0.25) is 11.8 Å². The van der Waals surface area contributed by atoms with E-state index in [1.807, 2.05) is 36.4 Å². The van der Waals surface area contributed by atoms with E-state index in [1.54, 1.807) is 29.2 Å². The molecule has 0 saturated heterocycles. The van der Waals surface area contributed by atoms with Crippen molar-refractivity contribution < 1.29 is 34.1 Å². The molecular weight excluding hydrogens is 686 g/mol. The third kappa shape index (κ3) is 8.57. The number of halogens is 3. The minimum absolute atomic E-state index is 0.0348. The van der Waals surface area contributed by atoms with Gasteiger partial charge in [-0.1, -0.05) is 43.1 Å². The second-order valence-electron chi connectivity index (χ2n) is 10.0. The smallest absolute Gasteiger partial charge is 0.247 e. The van der Waals surface area contributed by atoms with Gasteiger partial charge in [-0.25, -0.2) is 0 Å². The second-order valence-corrected chi connectivity index (χ2v) is 12.0. The molecule has 1 aliphatic carbocycles. The standard InChI is InChI=1S/C29H33Cl2IN2O7/c1-16(2)8-26(37)34(14-17-4-5-20(30)21(31)9-17)23-12-19(29(39)33-6-7-35)13-24(27(23)38)41-28-22(32)10-18(15-36)11-25(28)40-3/h4-5,9-11,13,15-16,23-24,27,35,38H,6-8,12,14H2,1-3H3,(H,33,39)/t23-,24+,27+/m1/s1. The van der Waals surface area contributed by atoms with Crippen molar-refractivity contribution in [2.45, 2.75) is 51.5 Å². The number of benzene rings is 2. The summed E-state index contributed by atoms with van der Waals surface area (Å²) in [6.07, 6.45) is 0.157. The molecule has 0 unspecified atom stereocenters. The molecule has 0 saturated carbocycles. The van der Waals surface area contributed by atoms with Crippen molar-refractivity contribution in [3.8, 4) is 11.5 Å². The van der Waals surface area contributed by atoms with Gasteiger partial charge in [0.05, 0.1) is 33.4 Å². The van der Waals surface area contributed by atoms with Crippen molar-refractivity contribution in [1.29, 1.82) is 0 Å². The lowest BCUT2D eigenvalue weighted by Crippen LogP contribution is -2.55. The van der Waals surface area contributed by atoms with E-state index in [2.05, 4.69) is 5.32 Å². The van der Waals surface area contributed by atoms with Gasteiger partial charge in [-0.05, 0) is 64.4 Å². The molecular formula is C29H33Cl2IN2O7. The number of nitrogens with zero attached hydrogens (tertiary/aromatic N) is 1. The van der Waals surface area contributed by atoms with E-state index in [0.29, 0.717) is 31.0 Å². The summed E-state index contributed by atoms with van der Waals surface area (Å²) in [5.74, 6) is -0.0748. The average Bonchev–Trinajstić information content (AvgIpc) is 2.93. The molecule has 0 bridgehead atoms. The molecule has 0 heterocycles. The molecule has 9 nitrogen and oxygen atoms in total. The molecule has 0 aliphatic heterocycles. The van der Waals surface area contributed by atoms with Gasteiger partial charge in [0.25, 0.3) is 0 Å². The van der Waals surface area contributed by atoms with Crippen LogP contribution in [0.5, 0.6) is 11.5 Å². The van der Waals surface area contributed by atoms with Crippen LogP contribution in [0.1, 0.15) is 42.6 Å². The van der Waals surface area contributed by atoms with Gasteiger partial charge in [-0.2, -0.15) is 0 Å². The van der Waals surface area contributed by atoms with E-state index >= 15 is 0 Å². The molecule has 0 spiro atoms. The van der Waals surface area contributed by atoms with Gasteiger partial charge in [-0.3, -0.25) is 14.4 Å². The predicted octanol–water partition coefficient (Wildman–Crippen LogP) is 4.41. The zero-order valence-electron chi connectivity index (χ0n) is 22.9. The number of aldehydes is 1. The number of nitrogens with one attached hydrogen (secondary N) is 1. The van der Waals surface area contributed by atoms with Gasteiger partial charge >= 0.3 is 0 Å². The van der Waals surface area contributed by atoms with Gasteiger partial charge < -0.3 is 29.9 Å². The van der Waals surface area contributed by atoms with Crippen LogP contribution in [0.15, 0.2) is 42.0 Å². The van der Waals surface area contributed by atoms with Crippen molar-refractivity contribution >= 4 is 63.9 Å². The maximum absolute atomic E-state index is 13.6. The number of amides is 2. The minimum atomic E-state index is -1.24. The number of carbonyl (C=O) groups excluding carboxylic acids is 3. The molecule has 2 amide bonds. The van der Waals surface area contributed by atoms with Crippen molar-refractivity contribution in [2.75, 3.05) is 20.3 Å². The molecule has 222 valence electrons. The van der Waals surface area contributed by atoms with Crippen LogP contribution in [0.2, 0.25) is 10.0 Å². The molecule has 3 atom stereocenters. The summed E-state index contributed by atoms with van der Waals surface area (Å²) < 4.78 is 12.3. The van der Waals surface area contributed by atoms with Crippen LogP contribution >= 0.6 is 45.8 Å². The van der Waals surface area contributed by atoms with Crippen LogP contribution < -0.4 is 14.8 Å². The molecule has 3 rings (SSSR count). The van der Waals surface area contributed by atoms with Crippen LogP contribution in [0.25, 0.3) is 0 Å². The van der Waals surface area contributed by atoms with Crippen LogP contribution in [-0.4, -0.2) is 71.7 Å². The van der Waals surface area contributed by atoms with Crippen LogP contribution in [0.3, 0.4) is 0 Å². The molecule has 3 N–H and O–H groups in total. The van der Waals surface area contributed by atoms with E-state index < -0.39 is 24.2 Å². The predicted molar refractivity (Wildman–Crippen MR) is 165 cm³/mol. The highest BCUT2D eigenvalue weighted by atomic mass is 127. The average molecular weight is 719 g/mol. The lowest BCUT2D eigenvalue weighted by atomic mass is 9.87. The summed E-state index contributed by atoms with van der Waals surface area (Å²) in [5, 5.41) is 24.2. The van der Waals surface area contributed by atoms with Crippen LogP contribution in [0.4, 0.5) is 0 Å². The van der Waals surface area contributed by atoms with Crippen LogP contribution in [0, 0.1) is 9.49 Å². The van der Waals surface area contributed by atoms with E-state index in [4.69, 9.17) is 32.7 Å². The quantitative estimate of drug-likeness (QED) is 0.219. The highest BCUT2D eigenvalue weighted by Gasteiger charge is 2.41. The van der Waals surface area contributed by atoms with Gasteiger partial charge in [0.15, 0.2) is 11.5 Å². The van der Waals surface area contributed by atoms with Gasteiger partial charge in [0.1, 0.15) is 18.5 Å². The Morgan fingerprint density at radius 3 is 2.56 bits per heavy atom. The third-order valence-corrected chi connectivity index (χ3v) is 8.04. The summed E-state index contributed by atoms with van der Waals surface area (Å²) in [6.45, 7) is 3.73. The fourth-order valence-corrected chi connectivity index (χ4v) is 5.60. The Bertz CT molecular complexity index is 1300. The molecule has 41 heavy (non-hydrogen) atoms. The van der Waals surface area contributed by atoms with Gasteiger partial charge in [0, 0.05) is 37.1 Å². The summed E-state index contributed by atoms with van der Waals surface area (Å²) >= 11 is 14.3. The lowest BCUT2D eigenvalue weighted by Gasteiger charge is -2.41. The number of aliphatic hydroxyl groups is 2. The molecule has 2 aromatic carbocycles. The van der Waals surface area contributed by atoms with Crippen molar-refractivity contribution in [3.63, 3.8) is 0 Å². The van der Waals surface area contributed by atoms with Crippen molar-refractivity contribution in [3.05, 3.63) is 66.7 Å². The Kier molecular flexibility index (Phi) is 12.3. The molecule has 1 aliphatic rings. The monoisotopic (exact) mass is 718 g/mol. The van der Waals surface area contributed by atoms with E-state index in [-0.39, 0.29) is 61.4 Å². The maximum atomic E-state index is 13.6. The Balaban J connectivity index is 2.06. The Labute approximate surface area is 262 Å². The number of aliphatic hydroxyl groups excluding tert-OH is 2. The second kappa shape index (κ2) is 15.2. The Hall–Kier alpha value is -2.38. The molecule has 0 radical (unpaired) electrons. The first-order chi connectivity index (χ1) is 19.5. The molecule has 2 aromatic rings. The van der Waals surface area contributed by atoms with Crippen molar-refractivity contribution in [2.24, 2.45) is 5.92 Å². The summed E-state index contributed by atoms with van der Waals surface area (Å²) in [6, 6.07) is 7.32. The van der Waals surface area contributed by atoms with E-state index in [9.17, 15) is 24.6 Å². The number of methoxy groups -OCH3 is 1. The van der Waals surface area contributed by atoms with E-state index in [0.717, 1.165) is 0 Å². The van der Waals surface area contributed by atoms with Gasteiger partial charge in [-0.15, -0.1) is 0 Å². The topological polar surface area (TPSA) is 125 Å². The molecule has 0 aromatic heterocycles. The number of ether oxygens (including phenoxy) is 2. The summed E-state index contributed by atoms with van der Waals surface area (Å²) in [7, 11) is 1.43. The maximum Gasteiger partial charge on any atom is 0.247 e. The number of carbonyl (C=O) groups is 3. The third-order valence-electron chi connectivity index (χ3n) is 6.50. The summed E-state index contributed by atoms with van der Waals surface area (Å²) in [4.78, 5) is 39.6. The highest BCUT2D eigenvalue weighted by Crippen LogP contribution is 2.37. The Morgan fingerprint density at radius 1 is 1.22 bits per heavy atom. The van der Waals surface area contributed by atoms with Crippen molar-refractivity contribution in [1.82, 2.24) is 10.2 Å². The summed E-state index contributed by atoms with van der Waals surface area (Å²) in [5.41, 5.74) is 1.36. The lowest BCUT2D eigenvalue weighted by molar-refractivity contribution is -0.140. The largest absolute Gasteiger partial charge is 0.493 e. The Morgan fingerprint density at radius 2 is 1.95 bits per heavy atom. The first kappa shape index (κ1) is 33.1. The normalized spacial score (nSPS) is 18.5. The highest BCUT2D eigenvalue weighted by molar-refractivity contribution is 14.1. The number of rotatable bonds is 12. The first-order valence-corrected chi connectivity index (χ1v) is 14.8. The first-order valence-electron chi connectivity index (χ1n) is 13.0. The number of hydrogen-bond donors (Lipinski definition) is 3. The fourth-order valence-electron chi connectivity index (χ4n) is 4.53. The zero-order chi connectivity index (χ0) is 30.3. The minimum Gasteiger partial charge on any atom is -0.493 e.